The summed E-state index contributed by atoms with van der Waals surface area (Å²) < 4.78 is 73.4. The van der Waals surface area contributed by atoms with E-state index in [1.165, 1.54) is 6.92 Å². The van der Waals surface area contributed by atoms with Gasteiger partial charge in [-0.3, -0.25) is 4.79 Å². The monoisotopic (exact) mass is 404 g/mol. The van der Waals surface area contributed by atoms with Crippen LogP contribution in [0.4, 0.5) is 22.0 Å². The first kappa shape index (κ1) is 25.6. The van der Waals surface area contributed by atoms with Gasteiger partial charge >= 0.3 is 24.0 Å². The lowest BCUT2D eigenvalue weighted by Gasteiger charge is -2.42. The van der Waals surface area contributed by atoms with Gasteiger partial charge in [-0.2, -0.15) is 22.0 Å². The van der Waals surface area contributed by atoms with E-state index in [-0.39, 0.29) is 5.92 Å². The molecule has 0 bridgehead atoms. The van der Waals surface area contributed by atoms with E-state index in [0.717, 1.165) is 0 Å². The van der Waals surface area contributed by atoms with Crippen molar-refractivity contribution in [3.05, 3.63) is 0 Å². The highest BCUT2D eigenvalue weighted by molar-refractivity contribution is 5.81. The van der Waals surface area contributed by atoms with Crippen LogP contribution in [0.25, 0.3) is 0 Å². The summed E-state index contributed by atoms with van der Waals surface area (Å²) in [6.45, 7) is 9.67. The van der Waals surface area contributed by atoms with E-state index < -0.39 is 54.0 Å². The predicted octanol–water partition coefficient (Wildman–Crippen LogP) is 5.15. The van der Waals surface area contributed by atoms with Crippen molar-refractivity contribution >= 4 is 11.9 Å². The second kappa shape index (κ2) is 8.73. The summed E-state index contributed by atoms with van der Waals surface area (Å²) in [4.78, 5) is 24.2. The molecule has 160 valence electrons. The number of halogens is 5. The maximum Gasteiger partial charge on any atom is 0.422 e. The van der Waals surface area contributed by atoms with Crippen LogP contribution in [0.5, 0.6) is 0 Å². The smallest absolute Gasteiger partial charge is 0.422 e. The molecular formula is C18H29F5O4. The van der Waals surface area contributed by atoms with Crippen LogP contribution in [-0.4, -0.2) is 36.7 Å². The standard InChI is InChI=1S/C18H29F5O4/c1-8-12(18(22,23)14(25)26-10-17(19,20)21)27-13(24)16(7,9-11(2)3)15(4,5)6/h11-12H,8-10H2,1-7H3. The molecule has 0 aliphatic rings. The Morgan fingerprint density at radius 1 is 0.926 bits per heavy atom. The fourth-order valence-corrected chi connectivity index (χ4v) is 2.56. The van der Waals surface area contributed by atoms with Crippen molar-refractivity contribution in [2.24, 2.45) is 16.7 Å². The minimum atomic E-state index is -4.94. The minimum Gasteiger partial charge on any atom is -0.455 e. The van der Waals surface area contributed by atoms with E-state index in [0.29, 0.717) is 6.42 Å². The molecule has 0 spiro atoms. The van der Waals surface area contributed by atoms with Crippen LogP contribution in [0.15, 0.2) is 0 Å². The zero-order valence-corrected chi connectivity index (χ0v) is 16.8. The number of hydrogen-bond donors (Lipinski definition) is 0. The molecule has 0 aliphatic heterocycles. The third-order valence-corrected chi connectivity index (χ3v) is 4.59. The van der Waals surface area contributed by atoms with E-state index in [1.807, 2.05) is 13.8 Å². The molecule has 0 fully saturated rings. The van der Waals surface area contributed by atoms with Crippen molar-refractivity contribution in [1.82, 2.24) is 0 Å². The summed E-state index contributed by atoms with van der Waals surface area (Å²) in [5, 5.41) is 0. The van der Waals surface area contributed by atoms with Gasteiger partial charge in [-0.15, -0.1) is 0 Å². The van der Waals surface area contributed by atoms with Gasteiger partial charge in [-0.05, 0) is 31.1 Å². The van der Waals surface area contributed by atoms with Crippen LogP contribution in [-0.2, 0) is 19.1 Å². The summed E-state index contributed by atoms with van der Waals surface area (Å²) in [5.41, 5.74) is -1.78. The molecule has 0 aromatic heterocycles. The zero-order chi connectivity index (χ0) is 21.8. The topological polar surface area (TPSA) is 52.6 Å². The molecule has 0 radical (unpaired) electrons. The van der Waals surface area contributed by atoms with Gasteiger partial charge in [-0.25, -0.2) is 4.79 Å². The Hall–Kier alpha value is -1.41. The fraction of sp³-hybridized carbons (Fsp3) is 0.889. The van der Waals surface area contributed by atoms with Crippen LogP contribution in [0.1, 0.15) is 61.3 Å². The van der Waals surface area contributed by atoms with Crippen molar-refractivity contribution in [2.45, 2.75) is 79.5 Å². The molecule has 9 heteroatoms. The second-order valence-electron chi connectivity index (χ2n) is 8.30. The van der Waals surface area contributed by atoms with Crippen molar-refractivity contribution < 1.29 is 41.0 Å². The average molecular weight is 404 g/mol. The van der Waals surface area contributed by atoms with Gasteiger partial charge in [0.05, 0.1) is 5.41 Å². The Bertz CT molecular complexity index is 523. The molecule has 27 heavy (non-hydrogen) atoms. The van der Waals surface area contributed by atoms with E-state index in [2.05, 4.69) is 4.74 Å². The molecule has 4 nitrogen and oxygen atoms in total. The van der Waals surface area contributed by atoms with Crippen molar-refractivity contribution in [2.75, 3.05) is 6.61 Å². The second-order valence-corrected chi connectivity index (χ2v) is 8.30. The first-order chi connectivity index (χ1) is 11.9. The zero-order valence-electron chi connectivity index (χ0n) is 16.8. The summed E-state index contributed by atoms with van der Waals surface area (Å²) >= 11 is 0. The molecule has 0 saturated carbocycles. The van der Waals surface area contributed by atoms with Crippen molar-refractivity contribution in [1.29, 1.82) is 0 Å². The molecule has 0 aromatic carbocycles. The fourth-order valence-electron chi connectivity index (χ4n) is 2.56. The highest BCUT2D eigenvalue weighted by atomic mass is 19.4. The average Bonchev–Trinajstić information content (AvgIpc) is 2.46. The molecule has 2 unspecified atom stereocenters. The first-order valence-corrected chi connectivity index (χ1v) is 8.71. The van der Waals surface area contributed by atoms with E-state index >= 15 is 0 Å². The van der Waals surface area contributed by atoms with Crippen LogP contribution in [0.2, 0.25) is 0 Å². The maximum atomic E-state index is 14.2. The SMILES string of the molecule is CCC(OC(=O)C(C)(CC(C)C)C(C)(C)C)C(F)(F)C(=O)OCC(F)(F)F. The molecule has 0 N–H and O–H groups in total. The lowest BCUT2D eigenvalue weighted by atomic mass is 9.64. The quantitative estimate of drug-likeness (QED) is 0.415. The van der Waals surface area contributed by atoms with Gasteiger partial charge in [0, 0.05) is 0 Å². The third kappa shape index (κ3) is 6.92. The summed E-state index contributed by atoms with van der Waals surface area (Å²) in [7, 11) is 0. The lowest BCUT2D eigenvalue weighted by Crippen LogP contribution is -2.50. The molecule has 0 aliphatic carbocycles. The van der Waals surface area contributed by atoms with Gasteiger partial charge in [0.15, 0.2) is 12.7 Å². The lowest BCUT2D eigenvalue weighted by molar-refractivity contribution is -0.220. The van der Waals surface area contributed by atoms with E-state index in [1.54, 1.807) is 27.7 Å². The number of hydrogen-bond acceptors (Lipinski definition) is 4. The summed E-state index contributed by atoms with van der Waals surface area (Å²) in [6.07, 6.45) is -7.29. The van der Waals surface area contributed by atoms with Crippen LogP contribution >= 0.6 is 0 Å². The highest BCUT2D eigenvalue weighted by Gasteiger charge is 2.54. The van der Waals surface area contributed by atoms with Crippen molar-refractivity contribution in [3.63, 3.8) is 0 Å². The Morgan fingerprint density at radius 3 is 1.74 bits per heavy atom. The number of carbonyl (C=O) groups excluding carboxylic acids is 2. The van der Waals surface area contributed by atoms with Gasteiger partial charge in [0.2, 0.25) is 0 Å². The first-order valence-electron chi connectivity index (χ1n) is 8.71. The van der Waals surface area contributed by atoms with E-state index in [9.17, 15) is 31.5 Å². The van der Waals surface area contributed by atoms with Gasteiger partial charge in [-0.1, -0.05) is 41.5 Å². The molecular weight excluding hydrogens is 375 g/mol. The van der Waals surface area contributed by atoms with Gasteiger partial charge in [0.1, 0.15) is 0 Å². The predicted molar refractivity (Wildman–Crippen MR) is 89.1 cm³/mol. The number of alkyl halides is 5. The minimum absolute atomic E-state index is 0.0547. The van der Waals surface area contributed by atoms with Gasteiger partial charge in [0.25, 0.3) is 0 Å². The Morgan fingerprint density at radius 2 is 1.41 bits per heavy atom. The largest absolute Gasteiger partial charge is 0.455 e. The molecule has 0 rings (SSSR count). The van der Waals surface area contributed by atoms with E-state index in [4.69, 9.17) is 4.74 Å². The Kier molecular flexibility index (Phi) is 8.27. The maximum absolute atomic E-state index is 14.2. The molecule has 2 atom stereocenters. The van der Waals surface area contributed by atoms with Crippen LogP contribution < -0.4 is 0 Å². The Balaban J connectivity index is 5.48. The third-order valence-electron chi connectivity index (χ3n) is 4.59. The van der Waals surface area contributed by atoms with Gasteiger partial charge < -0.3 is 9.47 Å². The normalized spacial score (nSPS) is 16.6. The highest BCUT2D eigenvalue weighted by Crippen LogP contribution is 2.45. The van der Waals surface area contributed by atoms with Crippen molar-refractivity contribution in [3.8, 4) is 0 Å². The Labute approximate surface area is 156 Å². The molecule has 0 aromatic rings. The van der Waals surface area contributed by atoms with Crippen LogP contribution in [0.3, 0.4) is 0 Å². The number of ether oxygens (including phenoxy) is 2. The number of esters is 2. The number of rotatable bonds is 8. The summed E-state index contributed by atoms with van der Waals surface area (Å²) in [5.74, 6) is -7.65. The molecule has 0 heterocycles. The van der Waals surface area contributed by atoms with Crippen LogP contribution in [0, 0.1) is 16.7 Å². The summed E-state index contributed by atoms with van der Waals surface area (Å²) in [6, 6.07) is 0. The molecule has 0 amide bonds. The molecule has 0 saturated heterocycles. The number of carbonyl (C=O) groups is 2.